The van der Waals surface area contributed by atoms with Crippen molar-refractivity contribution < 1.29 is 18.3 Å². The Hall–Kier alpha value is -1.89. The molecule has 1 saturated heterocycles. The summed E-state index contributed by atoms with van der Waals surface area (Å²) in [6.45, 7) is 1.92. The van der Waals surface area contributed by atoms with Gasteiger partial charge in [0, 0.05) is 16.3 Å². The van der Waals surface area contributed by atoms with Crippen molar-refractivity contribution in [3.8, 4) is 0 Å². The Morgan fingerprint density at radius 1 is 1.08 bits per heavy atom. The fraction of sp³-hybridized carbons (Fsp3) is 0.278. The number of nitrogens with zero attached hydrogens (tertiary/aromatic N) is 1. The third-order valence-electron chi connectivity index (χ3n) is 4.25. The smallest absolute Gasteiger partial charge is 0.258 e. The van der Waals surface area contributed by atoms with Gasteiger partial charge in [-0.3, -0.25) is 4.79 Å². The van der Waals surface area contributed by atoms with Gasteiger partial charge in [-0.15, -0.1) is 0 Å². The number of aliphatic hydroxyl groups excluding tert-OH is 1. The largest absolute Gasteiger partial charge is 0.390 e. The molecule has 0 aromatic heterocycles. The molecular formula is C18H18ClNO4S. The number of anilines is 1. The summed E-state index contributed by atoms with van der Waals surface area (Å²) in [7, 11) is -3.39. The van der Waals surface area contributed by atoms with Gasteiger partial charge in [0.1, 0.15) is 0 Å². The van der Waals surface area contributed by atoms with Crippen molar-refractivity contribution >= 4 is 33.0 Å². The Labute approximate surface area is 151 Å². The molecule has 5 nitrogen and oxygen atoms in total. The highest BCUT2D eigenvalue weighted by molar-refractivity contribution is 7.91. The minimum absolute atomic E-state index is 0.263. The van der Waals surface area contributed by atoms with E-state index in [-0.39, 0.29) is 17.4 Å². The number of sulfone groups is 1. The molecule has 0 saturated carbocycles. The Morgan fingerprint density at radius 2 is 1.68 bits per heavy atom. The molecule has 3 rings (SSSR count). The Bertz CT molecular complexity index is 878. The molecule has 1 N–H and O–H groups in total. The lowest BCUT2D eigenvalue weighted by Gasteiger charge is -2.30. The molecule has 0 radical (unpaired) electrons. The number of hydrogen-bond acceptors (Lipinski definition) is 4. The van der Waals surface area contributed by atoms with Crippen LogP contribution < -0.4 is 4.90 Å². The van der Waals surface area contributed by atoms with Gasteiger partial charge in [0.25, 0.3) is 5.91 Å². The number of carbonyl (C=O) groups excluding carboxylic acids is 1. The van der Waals surface area contributed by atoms with Gasteiger partial charge in [0.05, 0.1) is 23.7 Å². The molecule has 0 unspecified atom stereocenters. The minimum atomic E-state index is -3.39. The summed E-state index contributed by atoms with van der Waals surface area (Å²) in [5.41, 5.74) is 1.94. The molecule has 2 atom stereocenters. The fourth-order valence-corrected chi connectivity index (χ4v) is 4.85. The molecule has 1 aliphatic rings. The summed E-state index contributed by atoms with van der Waals surface area (Å²) in [5.74, 6) is -0.975. The summed E-state index contributed by atoms with van der Waals surface area (Å²) in [4.78, 5) is 14.4. The van der Waals surface area contributed by atoms with Gasteiger partial charge in [-0.05, 0) is 43.3 Å². The lowest BCUT2D eigenvalue weighted by atomic mass is 10.1. The maximum absolute atomic E-state index is 13.1. The number of benzene rings is 2. The number of rotatable bonds is 3. The van der Waals surface area contributed by atoms with E-state index in [1.54, 1.807) is 36.4 Å². The van der Waals surface area contributed by atoms with Crippen molar-refractivity contribution in [2.75, 3.05) is 16.4 Å². The third-order valence-corrected chi connectivity index (χ3v) is 6.20. The van der Waals surface area contributed by atoms with E-state index in [0.29, 0.717) is 16.3 Å². The molecule has 1 aliphatic heterocycles. The fourth-order valence-electron chi connectivity index (χ4n) is 2.95. The van der Waals surface area contributed by atoms with E-state index in [2.05, 4.69) is 0 Å². The summed E-state index contributed by atoms with van der Waals surface area (Å²) < 4.78 is 23.9. The van der Waals surface area contributed by atoms with Crippen molar-refractivity contribution in [3.05, 3.63) is 64.7 Å². The topological polar surface area (TPSA) is 74.7 Å². The van der Waals surface area contributed by atoms with Crippen LogP contribution in [0.3, 0.4) is 0 Å². The standard InChI is InChI=1S/C18H18ClNO4S/c1-12-2-8-15(9-3-12)20(16-10-25(23,24)11-17(16)21)18(22)13-4-6-14(19)7-5-13/h2-9,16-17,21H,10-11H2,1H3/t16-,17-/m1/s1. The number of hydrogen-bond donors (Lipinski definition) is 1. The lowest BCUT2D eigenvalue weighted by molar-refractivity contribution is 0.0945. The zero-order valence-corrected chi connectivity index (χ0v) is 15.2. The van der Waals surface area contributed by atoms with Crippen molar-refractivity contribution in [2.24, 2.45) is 0 Å². The number of amides is 1. The Morgan fingerprint density at radius 3 is 2.20 bits per heavy atom. The molecule has 25 heavy (non-hydrogen) atoms. The van der Waals surface area contributed by atoms with Gasteiger partial charge in [-0.2, -0.15) is 0 Å². The van der Waals surface area contributed by atoms with Crippen molar-refractivity contribution in [1.82, 2.24) is 0 Å². The average Bonchev–Trinajstić information content (AvgIpc) is 2.82. The molecule has 0 aliphatic carbocycles. The zero-order valence-electron chi connectivity index (χ0n) is 13.6. The number of carbonyl (C=O) groups is 1. The van der Waals surface area contributed by atoms with Gasteiger partial charge in [-0.25, -0.2) is 8.42 Å². The van der Waals surface area contributed by atoms with Crippen LogP contribution in [0.15, 0.2) is 48.5 Å². The van der Waals surface area contributed by atoms with Crippen LogP contribution >= 0.6 is 11.6 Å². The monoisotopic (exact) mass is 379 g/mol. The van der Waals surface area contributed by atoms with Crippen LogP contribution in [0.4, 0.5) is 5.69 Å². The predicted molar refractivity (Wildman–Crippen MR) is 97.9 cm³/mol. The van der Waals surface area contributed by atoms with Crippen molar-refractivity contribution in [2.45, 2.75) is 19.1 Å². The minimum Gasteiger partial charge on any atom is -0.390 e. The van der Waals surface area contributed by atoms with Crippen molar-refractivity contribution in [1.29, 1.82) is 0 Å². The second kappa shape index (κ2) is 6.78. The van der Waals surface area contributed by atoms with E-state index < -0.39 is 22.0 Å². The molecule has 1 amide bonds. The van der Waals surface area contributed by atoms with Gasteiger partial charge in [0.15, 0.2) is 9.84 Å². The van der Waals surface area contributed by atoms with Gasteiger partial charge >= 0.3 is 0 Å². The zero-order chi connectivity index (χ0) is 18.2. The maximum atomic E-state index is 13.1. The number of aliphatic hydroxyl groups is 1. The molecule has 132 valence electrons. The van der Waals surface area contributed by atoms with Gasteiger partial charge in [0.2, 0.25) is 0 Å². The van der Waals surface area contributed by atoms with Crippen LogP contribution in [0, 0.1) is 6.92 Å². The van der Waals surface area contributed by atoms with Crippen LogP contribution in [0.25, 0.3) is 0 Å². The Kier molecular flexibility index (Phi) is 4.86. The van der Waals surface area contributed by atoms with E-state index >= 15 is 0 Å². The average molecular weight is 380 g/mol. The highest BCUT2D eigenvalue weighted by Crippen LogP contribution is 2.27. The van der Waals surface area contributed by atoms with Crippen LogP contribution in [-0.2, 0) is 9.84 Å². The van der Waals surface area contributed by atoms with Gasteiger partial charge < -0.3 is 10.0 Å². The third kappa shape index (κ3) is 3.86. The number of aryl methyl sites for hydroxylation is 1. The van der Waals surface area contributed by atoms with Crippen LogP contribution in [0.2, 0.25) is 5.02 Å². The summed E-state index contributed by atoms with van der Waals surface area (Å²) in [5, 5.41) is 10.8. The first-order valence-corrected chi connectivity index (χ1v) is 10.0. The number of halogens is 1. The quantitative estimate of drug-likeness (QED) is 0.888. The summed E-state index contributed by atoms with van der Waals surface area (Å²) >= 11 is 5.87. The summed E-state index contributed by atoms with van der Waals surface area (Å²) in [6, 6.07) is 12.7. The highest BCUT2D eigenvalue weighted by atomic mass is 35.5. The Balaban J connectivity index is 2.04. The van der Waals surface area contributed by atoms with Crippen LogP contribution in [-0.4, -0.2) is 43.1 Å². The van der Waals surface area contributed by atoms with Crippen LogP contribution in [0.1, 0.15) is 15.9 Å². The first kappa shape index (κ1) is 17.9. The molecular weight excluding hydrogens is 362 g/mol. The van der Waals surface area contributed by atoms with E-state index in [1.165, 1.54) is 4.90 Å². The second-order valence-electron chi connectivity index (χ2n) is 6.23. The molecule has 2 aromatic carbocycles. The highest BCUT2D eigenvalue weighted by Gasteiger charge is 2.42. The molecule has 1 fully saturated rings. The van der Waals surface area contributed by atoms with Crippen molar-refractivity contribution in [3.63, 3.8) is 0 Å². The first-order chi connectivity index (χ1) is 11.8. The first-order valence-electron chi connectivity index (χ1n) is 7.81. The molecule has 0 bridgehead atoms. The van der Waals surface area contributed by atoms with E-state index in [9.17, 15) is 18.3 Å². The van der Waals surface area contributed by atoms with Crippen LogP contribution in [0.5, 0.6) is 0 Å². The van der Waals surface area contributed by atoms with Gasteiger partial charge in [-0.1, -0.05) is 29.3 Å². The molecule has 2 aromatic rings. The molecule has 1 heterocycles. The SMILES string of the molecule is Cc1ccc(N(C(=O)c2ccc(Cl)cc2)[C@@H]2CS(=O)(=O)C[C@H]2O)cc1. The van der Waals surface area contributed by atoms with E-state index in [1.807, 2.05) is 19.1 Å². The maximum Gasteiger partial charge on any atom is 0.258 e. The molecule has 0 spiro atoms. The lowest BCUT2D eigenvalue weighted by Crippen LogP contribution is -2.47. The molecule has 7 heteroatoms. The second-order valence-corrected chi connectivity index (χ2v) is 8.82. The van der Waals surface area contributed by atoms with E-state index in [4.69, 9.17) is 11.6 Å². The van der Waals surface area contributed by atoms with E-state index in [0.717, 1.165) is 5.56 Å². The summed E-state index contributed by atoms with van der Waals surface area (Å²) in [6.07, 6.45) is -1.12. The normalized spacial score (nSPS) is 21.9. The predicted octanol–water partition coefficient (Wildman–Crippen LogP) is 2.45.